The Kier molecular flexibility index (Phi) is 8.01. The molecule has 3 heterocycles. The summed E-state index contributed by atoms with van der Waals surface area (Å²) in [6.45, 7) is 9.10. The number of aliphatic carboxylic acids is 1. The van der Waals surface area contributed by atoms with Gasteiger partial charge in [-0.1, -0.05) is 6.07 Å². The highest BCUT2D eigenvalue weighted by Crippen LogP contribution is 2.28. The molecule has 0 bridgehead atoms. The van der Waals surface area contributed by atoms with Crippen molar-refractivity contribution in [2.45, 2.75) is 70.4 Å². The molecule has 182 valence electrons. The molecule has 13 heteroatoms. The van der Waals surface area contributed by atoms with Gasteiger partial charge in [-0.25, -0.2) is 24.2 Å². The number of halogens is 3. The van der Waals surface area contributed by atoms with E-state index in [4.69, 9.17) is 9.90 Å². The minimum Gasteiger partial charge on any atom is -0.475 e. The Morgan fingerprint density at radius 1 is 1.21 bits per heavy atom. The third kappa shape index (κ3) is 8.67. The molecular weight excluding hydrogens is 443 g/mol. The lowest BCUT2D eigenvalue weighted by molar-refractivity contribution is -0.192. The molecule has 0 spiro atoms. The Morgan fingerprint density at radius 3 is 2.27 bits per heavy atom. The maximum Gasteiger partial charge on any atom is 0.490 e. The lowest BCUT2D eigenvalue weighted by Gasteiger charge is -2.46. The average Bonchev–Trinajstić information content (AvgIpc) is 3.18. The van der Waals surface area contributed by atoms with E-state index < -0.39 is 12.1 Å². The minimum absolute atomic E-state index is 0.000799. The van der Waals surface area contributed by atoms with Crippen LogP contribution in [0.4, 0.5) is 18.0 Å². The van der Waals surface area contributed by atoms with Crippen molar-refractivity contribution < 1.29 is 27.9 Å². The number of nitrogens with zero attached hydrogens (tertiary/aromatic N) is 4. The predicted octanol–water partition coefficient (Wildman–Crippen LogP) is 2.40. The number of urea groups is 1. The molecule has 2 aromatic rings. The number of carboxylic acid groups (broad SMARTS) is 1. The van der Waals surface area contributed by atoms with Crippen LogP contribution in [0.15, 0.2) is 31.0 Å². The molecule has 0 unspecified atom stereocenters. The van der Waals surface area contributed by atoms with E-state index in [0.29, 0.717) is 12.4 Å². The predicted molar refractivity (Wildman–Crippen MR) is 113 cm³/mol. The van der Waals surface area contributed by atoms with Crippen LogP contribution < -0.4 is 16.0 Å². The third-order valence-corrected chi connectivity index (χ3v) is 4.68. The number of carboxylic acids is 1. The summed E-state index contributed by atoms with van der Waals surface area (Å²) in [6, 6.07) is 3.76. The van der Waals surface area contributed by atoms with Crippen LogP contribution in [0.3, 0.4) is 0 Å². The Hall–Kier alpha value is -3.22. The van der Waals surface area contributed by atoms with Crippen LogP contribution >= 0.6 is 0 Å². The van der Waals surface area contributed by atoms with Gasteiger partial charge in [0, 0.05) is 29.9 Å². The topological polar surface area (TPSA) is 134 Å². The van der Waals surface area contributed by atoms with Gasteiger partial charge < -0.3 is 21.1 Å². The second-order valence-electron chi connectivity index (χ2n) is 8.99. The number of rotatable bonds is 4. The maximum absolute atomic E-state index is 12.3. The largest absolute Gasteiger partial charge is 0.490 e. The molecule has 2 amide bonds. The van der Waals surface area contributed by atoms with Gasteiger partial charge in [-0.05, 0) is 52.2 Å². The van der Waals surface area contributed by atoms with Crippen LogP contribution in [0.2, 0.25) is 0 Å². The fourth-order valence-corrected chi connectivity index (χ4v) is 3.83. The van der Waals surface area contributed by atoms with Crippen LogP contribution in [-0.4, -0.2) is 60.2 Å². The van der Waals surface area contributed by atoms with Crippen molar-refractivity contribution in [3.05, 3.63) is 36.5 Å². The molecule has 33 heavy (non-hydrogen) atoms. The second kappa shape index (κ2) is 10.1. The molecule has 1 saturated heterocycles. The number of carbonyl (C=O) groups is 2. The number of hydrogen-bond acceptors (Lipinski definition) is 6. The molecule has 0 atom stereocenters. The van der Waals surface area contributed by atoms with Crippen LogP contribution in [0.25, 0.3) is 5.82 Å². The van der Waals surface area contributed by atoms with Crippen LogP contribution in [0, 0.1) is 0 Å². The van der Waals surface area contributed by atoms with Gasteiger partial charge >= 0.3 is 18.2 Å². The normalized spacial score (nSPS) is 17.4. The molecule has 1 aliphatic heterocycles. The van der Waals surface area contributed by atoms with E-state index in [2.05, 4.69) is 58.7 Å². The van der Waals surface area contributed by atoms with Gasteiger partial charge in [0.15, 0.2) is 5.82 Å². The van der Waals surface area contributed by atoms with Crippen molar-refractivity contribution >= 4 is 12.0 Å². The van der Waals surface area contributed by atoms with Gasteiger partial charge in [0.2, 0.25) is 0 Å². The number of amides is 2. The first-order valence-corrected chi connectivity index (χ1v) is 10.1. The van der Waals surface area contributed by atoms with E-state index in [1.54, 1.807) is 17.2 Å². The number of aromatic nitrogens is 4. The van der Waals surface area contributed by atoms with Crippen LogP contribution in [0.5, 0.6) is 0 Å². The fourth-order valence-electron chi connectivity index (χ4n) is 3.83. The van der Waals surface area contributed by atoms with E-state index in [9.17, 15) is 18.0 Å². The summed E-state index contributed by atoms with van der Waals surface area (Å²) in [5, 5.41) is 20.8. The van der Waals surface area contributed by atoms with Crippen molar-refractivity contribution in [1.29, 1.82) is 0 Å². The van der Waals surface area contributed by atoms with E-state index in [1.807, 2.05) is 12.1 Å². The molecule has 10 nitrogen and oxygen atoms in total. The average molecular weight is 471 g/mol. The van der Waals surface area contributed by atoms with Gasteiger partial charge in [0.1, 0.15) is 12.7 Å². The minimum atomic E-state index is -5.08. The van der Waals surface area contributed by atoms with Crippen molar-refractivity contribution in [2.24, 2.45) is 0 Å². The summed E-state index contributed by atoms with van der Waals surface area (Å²) in [5.41, 5.74) is 0.928. The molecule has 1 fully saturated rings. The SMILES string of the molecule is CC1(C)CC(NC(=O)NCc2ccc(-n3cncn3)nc2)CC(C)(C)N1.O=C(O)C(F)(F)F. The molecule has 0 saturated carbocycles. The lowest BCUT2D eigenvalue weighted by Crippen LogP contribution is -2.62. The number of piperidine rings is 1. The Balaban J connectivity index is 0.000000479. The molecule has 2 aromatic heterocycles. The van der Waals surface area contributed by atoms with Crippen molar-refractivity contribution in [3.63, 3.8) is 0 Å². The highest BCUT2D eigenvalue weighted by Gasteiger charge is 2.39. The molecule has 0 aliphatic carbocycles. The van der Waals surface area contributed by atoms with Crippen molar-refractivity contribution in [2.75, 3.05) is 0 Å². The van der Waals surface area contributed by atoms with Gasteiger partial charge in [-0.3, -0.25) is 0 Å². The Labute approximate surface area is 189 Å². The summed E-state index contributed by atoms with van der Waals surface area (Å²) in [4.78, 5) is 29.4. The quantitative estimate of drug-likeness (QED) is 0.538. The summed E-state index contributed by atoms with van der Waals surface area (Å²) >= 11 is 0. The number of nitrogens with one attached hydrogen (secondary N) is 3. The molecule has 0 radical (unpaired) electrons. The zero-order valence-electron chi connectivity index (χ0n) is 18.8. The first-order valence-electron chi connectivity index (χ1n) is 10.1. The zero-order chi connectivity index (χ0) is 24.9. The first kappa shape index (κ1) is 26.0. The highest BCUT2D eigenvalue weighted by molar-refractivity contribution is 5.74. The van der Waals surface area contributed by atoms with Gasteiger partial charge in [0.25, 0.3) is 0 Å². The maximum atomic E-state index is 12.3. The molecule has 0 aromatic carbocycles. The molecule has 3 rings (SSSR count). The zero-order valence-corrected chi connectivity index (χ0v) is 18.8. The number of alkyl halides is 3. The van der Waals surface area contributed by atoms with Gasteiger partial charge in [-0.15, -0.1) is 0 Å². The van der Waals surface area contributed by atoms with Gasteiger partial charge in [-0.2, -0.15) is 18.3 Å². The second-order valence-corrected chi connectivity index (χ2v) is 8.99. The molecule has 4 N–H and O–H groups in total. The number of pyridine rings is 1. The summed E-state index contributed by atoms with van der Waals surface area (Å²) in [6.07, 6.45) is 1.50. The monoisotopic (exact) mass is 471 g/mol. The highest BCUT2D eigenvalue weighted by atomic mass is 19.4. The van der Waals surface area contributed by atoms with E-state index >= 15 is 0 Å². The molecule has 1 aliphatic rings. The lowest BCUT2D eigenvalue weighted by atomic mass is 9.80. The van der Waals surface area contributed by atoms with Crippen LogP contribution in [-0.2, 0) is 11.3 Å². The van der Waals surface area contributed by atoms with E-state index in [0.717, 1.165) is 18.4 Å². The van der Waals surface area contributed by atoms with Gasteiger partial charge in [0.05, 0.1) is 0 Å². The summed E-state index contributed by atoms with van der Waals surface area (Å²) in [5.74, 6) is -2.07. The third-order valence-electron chi connectivity index (χ3n) is 4.68. The van der Waals surface area contributed by atoms with Crippen molar-refractivity contribution in [3.8, 4) is 5.82 Å². The standard InChI is InChI=1S/C18H27N7O.C2HF3O2/c1-17(2)7-14(8-18(3,4)24-17)23-16(26)21-10-13-5-6-15(20-9-13)25-12-19-11-22-25;3-2(4,5)1(6)7/h5-6,9,11-12,14,24H,7-8,10H2,1-4H3,(H2,21,23,26);(H,6,7). The fraction of sp³-hybridized carbons (Fsp3) is 0.550. The summed E-state index contributed by atoms with van der Waals surface area (Å²) in [7, 11) is 0. The first-order chi connectivity index (χ1) is 15.2. The van der Waals surface area contributed by atoms with E-state index in [1.165, 1.54) is 6.33 Å². The smallest absolute Gasteiger partial charge is 0.475 e. The van der Waals surface area contributed by atoms with E-state index in [-0.39, 0.29) is 23.2 Å². The summed E-state index contributed by atoms with van der Waals surface area (Å²) < 4.78 is 33.3. The Morgan fingerprint density at radius 2 is 1.82 bits per heavy atom. The Bertz CT molecular complexity index is 913. The number of carbonyl (C=O) groups excluding carboxylic acids is 1. The molecular formula is C20H28F3N7O3. The van der Waals surface area contributed by atoms with Crippen molar-refractivity contribution in [1.82, 2.24) is 35.7 Å². The van der Waals surface area contributed by atoms with Crippen LogP contribution in [0.1, 0.15) is 46.1 Å². The number of hydrogen-bond donors (Lipinski definition) is 4.